The lowest BCUT2D eigenvalue weighted by molar-refractivity contribution is 0.0691. The number of hydrogen-bond donors (Lipinski definition) is 2. The van der Waals surface area contributed by atoms with Crippen LogP contribution in [0.4, 0.5) is 0 Å². The van der Waals surface area contributed by atoms with E-state index in [0.717, 1.165) is 0 Å². The number of carboxylic acids is 1. The molecule has 0 bridgehead atoms. The Bertz CT molecular complexity index is 451. The highest BCUT2D eigenvalue weighted by Gasteiger charge is 2.09. The molecule has 0 saturated heterocycles. The van der Waals surface area contributed by atoms with E-state index in [1.54, 1.807) is 18.5 Å². The second kappa shape index (κ2) is 3.25. The number of nitrogens with zero attached hydrogens (tertiary/aromatic N) is 3. The maximum atomic E-state index is 10.5. The Morgan fingerprint density at radius 1 is 1.29 bits per heavy atom. The molecule has 0 fully saturated rings. The molecule has 0 spiro atoms. The summed E-state index contributed by atoms with van der Waals surface area (Å²) >= 11 is 0. The van der Waals surface area contributed by atoms with Gasteiger partial charge in [0, 0.05) is 12.4 Å². The molecule has 2 heterocycles. The van der Waals surface area contributed by atoms with Crippen LogP contribution in [-0.4, -0.2) is 31.0 Å². The van der Waals surface area contributed by atoms with Crippen LogP contribution in [0.3, 0.4) is 0 Å². The van der Waals surface area contributed by atoms with Crippen LogP contribution in [0, 0.1) is 0 Å². The van der Waals surface area contributed by atoms with Gasteiger partial charge in [0.25, 0.3) is 0 Å². The summed E-state index contributed by atoms with van der Waals surface area (Å²) in [4.78, 5) is 24.8. The first-order valence-electron chi connectivity index (χ1n) is 3.83. The topological polar surface area (TPSA) is 91.8 Å². The molecular formula is C8H6N4O2. The molecule has 0 aliphatic heterocycles. The molecule has 14 heavy (non-hydrogen) atoms. The van der Waals surface area contributed by atoms with Crippen molar-refractivity contribution < 1.29 is 9.90 Å². The molecule has 0 unspecified atom stereocenters. The highest BCUT2D eigenvalue weighted by molar-refractivity contribution is 5.85. The number of H-pyrrole nitrogens is 1. The predicted molar refractivity (Wildman–Crippen MR) is 46.6 cm³/mol. The molecule has 70 valence electrons. The van der Waals surface area contributed by atoms with Crippen LogP contribution in [0.2, 0.25) is 0 Å². The van der Waals surface area contributed by atoms with E-state index in [2.05, 4.69) is 19.9 Å². The van der Waals surface area contributed by atoms with E-state index < -0.39 is 5.97 Å². The van der Waals surface area contributed by atoms with Crippen molar-refractivity contribution in [1.29, 1.82) is 0 Å². The third-order valence-corrected chi connectivity index (χ3v) is 1.58. The number of aromatic carboxylic acids is 1. The highest BCUT2D eigenvalue weighted by Crippen LogP contribution is 2.08. The third-order valence-electron chi connectivity index (χ3n) is 1.58. The second-order valence-corrected chi connectivity index (χ2v) is 2.52. The van der Waals surface area contributed by atoms with Crippen molar-refractivity contribution in [2.24, 2.45) is 0 Å². The fraction of sp³-hybridized carbons (Fsp3) is 0. The summed E-state index contributed by atoms with van der Waals surface area (Å²) in [6.45, 7) is 0. The maximum absolute atomic E-state index is 10.5. The largest absolute Gasteiger partial charge is 0.477 e. The number of imidazole rings is 1. The SMILES string of the molecule is O=C(O)c1cnc(-c2ncccn2)[nH]1. The standard InChI is InChI=1S/C8H6N4O2/c13-8(14)5-4-11-7(12-5)6-9-2-1-3-10-6/h1-4H,(H,11,12)(H,13,14). The van der Waals surface area contributed by atoms with Crippen LogP contribution in [0.25, 0.3) is 11.6 Å². The van der Waals surface area contributed by atoms with E-state index >= 15 is 0 Å². The minimum Gasteiger partial charge on any atom is -0.477 e. The van der Waals surface area contributed by atoms with Gasteiger partial charge in [-0.15, -0.1) is 0 Å². The van der Waals surface area contributed by atoms with Crippen molar-refractivity contribution in [3.63, 3.8) is 0 Å². The number of carboxylic acid groups (broad SMARTS) is 1. The minimum absolute atomic E-state index is 0.0208. The Balaban J connectivity index is 2.39. The van der Waals surface area contributed by atoms with Crippen LogP contribution >= 0.6 is 0 Å². The Morgan fingerprint density at radius 3 is 2.57 bits per heavy atom. The van der Waals surface area contributed by atoms with Gasteiger partial charge in [-0.3, -0.25) is 0 Å². The van der Waals surface area contributed by atoms with Gasteiger partial charge in [0.2, 0.25) is 0 Å². The normalized spacial score (nSPS) is 10.0. The van der Waals surface area contributed by atoms with Gasteiger partial charge in [-0.25, -0.2) is 19.7 Å². The number of aromatic amines is 1. The zero-order valence-electron chi connectivity index (χ0n) is 7.01. The van der Waals surface area contributed by atoms with Crippen molar-refractivity contribution in [3.8, 4) is 11.6 Å². The summed E-state index contributed by atoms with van der Waals surface area (Å²) in [5.41, 5.74) is 0.0208. The zero-order chi connectivity index (χ0) is 9.97. The molecule has 0 aliphatic carbocycles. The Hall–Kier alpha value is -2.24. The molecule has 0 aromatic carbocycles. The van der Waals surface area contributed by atoms with Gasteiger partial charge >= 0.3 is 5.97 Å². The van der Waals surface area contributed by atoms with E-state index in [0.29, 0.717) is 11.6 Å². The molecule has 6 nitrogen and oxygen atoms in total. The van der Waals surface area contributed by atoms with Gasteiger partial charge in [0.05, 0.1) is 6.20 Å². The van der Waals surface area contributed by atoms with Crippen LogP contribution in [0.1, 0.15) is 10.5 Å². The molecule has 2 N–H and O–H groups in total. The highest BCUT2D eigenvalue weighted by atomic mass is 16.4. The monoisotopic (exact) mass is 190 g/mol. The average molecular weight is 190 g/mol. The molecule has 0 atom stereocenters. The van der Waals surface area contributed by atoms with E-state index in [1.807, 2.05) is 0 Å². The molecule has 0 saturated carbocycles. The fourth-order valence-corrected chi connectivity index (χ4v) is 0.965. The van der Waals surface area contributed by atoms with Crippen molar-refractivity contribution in [3.05, 3.63) is 30.4 Å². The molecule has 0 amide bonds. The molecule has 2 aromatic heterocycles. The first-order chi connectivity index (χ1) is 6.77. The number of hydrogen-bond acceptors (Lipinski definition) is 4. The lowest BCUT2D eigenvalue weighted by atomic mass is 10.5. The van der Waals surface area contributed by atoms with Crippen LogP contribution in [0.15, 0.2) is 24.7 Å². The molecule has 2 aromatic rings. The Kier molecular flexibility index (Phi) is 1.94. The lowest BCUT2D eigenvalue weighted by Crippen LogP contribution is -1.96. The van der Waals surface area contributed by atoms with Crippen LogP contribution in [0.5, 0.6) is 0 Å². The summed E-state index contributed by atoms with van der Waals surface area (Å²) in [5, 5.41) is 8.63. The average Bonchev–Trinajstić information content (AvgIpc) is 2.68. The smallest absolute Gasteiger partial charge is 0.353 e. The lowest BCUT2D eigenvalue weighted by Gasteiger charge is -1.91. The van der Waals surface area contributed by atoms with Crippen molar-refractivity contribution in [1.82, 2.24) is 19.9 Å². The van der Waals surface area contributed by atoms with Gasteiger partial charge in [-0.05, 0) is 6.07 Å². The van der Waals surface area contributed by atoms with Crippen molar-refractivity contribution in [2.45, 2.75) is 0 Å². The minimum atomic E-state index is -1.06. The van der Waals surface area contributed by atoms with Crippen molar-refractivity contribution >= 4 is 5.97 Å². The number of rotatable bonds is 2. The first-order valence-corrected chi connectivity index (χ1v) is 3.83. The number of carbonyl (C=O) groups is 1. The summed E-state index contributed by atoms with van der Waals surface area (Å²) in [6, 6.07) is 1.67. The van der Waals surface area contributed by atoms with E-state index in [4.69, 9.17) is 5.11 Å². The van der Waals surface area contributed by atoms with Crippen LogP contribution < -0.4 is 0 Å². The van der Waals surface area contributed by atoms with Crippen LogP contribution in [-0.2, 0) is 0 Å². The fourth-order valence-electron chi connectivity index (χ4n) is 0.965. The van der Waals surface area contributed by atoms with Crippen molar-refractivity contribution in [2.75, 3.05) is 0 Å². The molecular weight excluding hydrogens is 184 g/mol. The van der Waals surface area contributed by atoms with E-state index in [9.17, 15) is 4.79 Å². The summed E-state index contributed by atoms with van der Waals surface area (Å²) in [7, 11) is 0. The number of nitrogens with one attached hydrogen (secondary N) is 1. The van der Waals surface area contributed by atoms with E-state index in [-0.39, 0.29) is 5.69 Å². The number of aromatic nitrogens is 4. The summed E-state index contributed by atoms with van der Waals surface area (Å²) in [6.07, 6.45) is 4.35. The van der Waals surface area contributed by atoms with Gasteiger partial charge in [-0.2, -0.15) is 0 Å². The van der Waals surface area contributed by atoms with Gasteiger partial charge < -0.3 is 10.1 Å². The Morgan fingerprint density at radius 2 is 2.00 bits per heavy atom. The summed E-state index contributed by atoms with van der Waals surface area (Å²) in [5.74, 6) is -0.331. The third kappa shape index (κ3) is 1.45. The molecule has 0 aliphatic rings. The Labute approximate surface area is 78.7 Å². The second-order valence-electron chi connectivity index (χ2n) is 2.52. The maximum Gasteiger partial charge on any atom is 0.353 e. The first kappa shape index (κ1) is 8.36. The van der Waals surface area contributed by atoms with Gasteiger partial charge in [-0.1, -0.05) is 0 Å². The zero-order valence-corrected chi connectivity index (χ0v) is 7.01. The predicted octanol–water partition coefficient (Wildman–Crippen LogP) is 0.565. The summed E-state index contributed by atoms with van der Waals surface area (Å²) < 4.78 is 0. The van der Waals surface area contributed by atoms with Gasteiger partial charge in [0.15, 0.2) is 11.6 Å². The van der Waals surface area contributed by atoms with Gasteiger partial charge in [0.1, 0.15) is 5.69 Å². The van der Waals surface area contributed by atoms with E-state index in [1.165, 1.54) is 6.20 Å². The molecule has 6 heteroatoms. The molecule has 2 rings (SSSR count). The quantitative estimate of drug-likeness (QED) is 0.722. The molecule has 0 radical (unpaired) electrons.